The lowest BCUT2D eigenvalue weighted by atomic mass is 10.0. The van der Waals surface area contributed by atoms with Gasteiger partial charge in [0.2, 0.25) is 5.91 Å². The van der Waals surface area contributed by atoms with Crippen LogP contribution in [0.15, 0.2) is 47.5 Å². The minimum Gasteiger partial charge on any atom is -0.349 e. The van der Waals surface area contributed by atoms with Gasteiger partial charge in [0.15, 0.2) is 0 Å². The molecule has 0 aliphatic carbocycles. The number of thioether (sulfide) groups is 1. The van der Waals surface area contributed by atoms with E-state index in [1.165, 1.54) is 22.9 Å². The molecule has 1 amide bonds. The Hall–Kier alpha value is -2.40. The number of carbonyl (C=O) groups excluding carboxylic acids is 1. The van der Waals surface area contributed by atoms with Crippen molar-refractivity contribution in [3.05, 3.63) is 65.0 Å². The Morgan fingerprint density at radius 2 is 1.85 bits per heavy atom. The molecule has 5 heteroatoms. The first-order chi connectivity index (χ1) is 12.4. The molecule has 0 bridgehead atoms. The minimum absolute atomic E-state index is 0.000995. The van der Waals surface area contributed by atoms with E-state index in [0.29, 0.717) is 5.75 Å². The molecule has 2 aromatic carbocycles. The summed E-state index contributed by atoms with van der Waals surface area (Å²) in [6.45, 7) is 8.06. The van der Waals surface area contributed by atoms with Crippen LogP contribution in [-0.4, -0.2) is 21.6 Å². The molecule has 1 atom stereocenters. The SMILES string of the molecule is Cc1nc(SCC(=O)NC(C)c2ccc(C)c(C)c2)c2ccccc2n1. The third kappa shape index (κ3) is 4.22. The van der Waals surface area contributed by atoms with Crippen LogP contribution in [0.25, 0.3) is 10.9 Å². The average Bonchev–Trinajstić information content (AvgIpc) is 2.61. The van der Waals surface area contributed by atoms with E-state index in [2.05, 4.69) is 47.3 Å². The number of amides is 1. The predicted molar refractivity (Wildman–Crippen MR) is 107 cm³/mol. The standard InChI is InChI=1S/C21H23N3OS/c1-13-9-10-17(11-14(13)2)15(3)22-20(25)12-26-21-18-7-5-6-8-19(18)23-16(4)24-21/h5-11,15H,12H2,1-4H3,(H,22,25). The Morgan fingerprint density at radius 1 is 1.08 bits per heavy atom. The number of carbonyl (C=O) groups is 1. The predicted octanol–water partition coefficient (Wildman–Crippen LogP) is 4.52. The molecule has 0 saturated carbocycles. The zero-order chi connectivity index (χ0) is 18.7. The van der Waals surface area contributed by atoms with E-state index < -0.39 is 0 Å². The lowest BCUT2D eigenvalue weighted by Crippen LogP contribution is -2.28. The van der Waals surface area contributed by atoms with Gasteiger partial charge in [-0.1, -0.05) is 48.2 Å². The van der Waals surface area contributed by atoms with Crippen molar-refractivity contribution in [2.24, 2.45) is 0 Å². The molecule has 26 heavy (non-hydrogen) atoms. The van der Waals surface area contributed by atoms with Gasteiger partial charge in [-0.3, -0.25) is 4.79 Å². The highest BCUT2D eigenvalue weighted by atomic mass is 32.2. The van der Waals surface area contributed by atoms with E-state index in [1.807, 2.05) is 38.1 Å². The third-order valence-corrected chi connectivity index (χ3v) is 5.42. The number of hydrogen-bond acceptors (Lipinski definition) is 4. The molecule has 0 fully saturated rings. The number of hydrogen-bond donors (Lipinski definition) is 1. The summed E-state index contributed by atoms with van der Waals surface area (Å²) in [6, 6.07) is 14.2. The second-order valence-electron chi connectivity index (χ2n) is 6.51. The van der Waals surface area contributed by atoms with Crippen molar-refractivity contribution in [1.29, 1.82) is 0 Å². The van der Waals surface area contributed by atoms with Gasteiger partial charge in [0.1, 0.15) is 10.9 Å². The third-order valence-electron chi connectivity index (χ3n) is 4.43. The summed E-state index contributed by atoms with van der Waals surface area (Å²) in [7, 11) is 0. The van der Waals surface area contributed by atoms with Crippen LogP contribution in [-0.2, 0) is 4.79 Å². The van der Waals surface area contributed by atoms with Gasteiger partial charge in [0.05, 0.1) is 17.3 Å². The van der Waals surface area contributed by atoms with Crippen LogP contribution in [0.1, 0.15) is 35.5 Å². The van der Waals surface area contributed by atoms with Crippen LogP contribution in [0.3, 0.4) is 0 Å². The highest BCUT2D eigenvalue weighted by molar-refractivity contribution is 8.00. The molecule has 0 saturated heterocycles. The Kier molecular flexibility index (Phi) is 5.57. The highest BCUT2D eigenvalue weighted by Crippen LogP contribution is 2.25. The van der Waals surface area contributed by atoms with Crippen LogP contribution < -0.4 is 5.32 Å². The monoisotopic (exact) mass is 365 g/mol. The zero-order valence-corrected chi connectivity index (χ0v) is 16.4. The molecule has 0 radical (unpaired) electrons. The zero-order valence-electron chi connectivity index (χ0n) is 15.5. The fourth-order valence-corrected chi connectivity index (χ4v) is 3.68. The maximum atomic E-state index is 12.4. The van der Waals surface area contributed by atoms with Crippen molar-refractivity contribution >= 4 is 28.6 Å². The minimum atomic E-state index is -0.0220. The quantitative estimate of drug-likeness (QED) is 0.533. The number of para-hydroxylation sites is 1. The number of rotatable bonds is 5. The topological polar surface area (TPSA) is 54.9 Å². The van der Waals surface area contributed by atoms with Crippen molar-refractivity contribution in [2.75, 3.05) is 5.75 Å². The molecule has 0 spiro atoms. The van der Waals surface area contributed by atoms with Crippen LogP contribution in [0.5, 0.6) is 0 Å². The molecule has 1 unspecified atom stereocenters. The highest BCUT2D eigenvalue weighted by Gasteiger charge is 2.13. The lowest BCUT2D eigenvalue weighted by molar-refractivity contribution is -0.119. The number of aryl methyl sites for hydroxylation is 3. The Bertz CT molecular complexity index is 955. The number of nitrogens with one attached hydrogen (secondary N) is 1. The van der Waals surface area contributed by atoms with Gasteiger partial charge in [-0.25, -0.2) is 9.97 Å². The van der Waals surface area contributed by atoms with Gasteiger partial charge in [-0.05, 0) is 50.5 Å². The normalized spacial score (nSPS) is 12.2. The number of fused-ring (bicyclic) bond motifs is 1. The Balaban J connectivity index is 1.66. The van der Waals surface area contributed by atoms with Crippen LogP contribution in [0.2, 0.25) is 0 Å². The molecule has 3 rings (SSSR count). The molecule has 4 nitrogen and oxygen atoms in total. The number of benzene rings is 2. The molecule has 134 valence electrons. The van der Waals surface area contributed by atoms with Crippen molar-refractivity contribution in [3.8, 4) is 0 Å². The molecule has 0 aliphatic rings. The number of nitrogens with zero attached hydrogens (tertiary/aromatic N) is 2. The smallest absolute Gasteiger partial charge is 0.230 e. The van der Waals surface area contributed by atoms with Gasteiger partial charge < -0.3 is 5.32 Å². The van der Waals surface area contributed by atoms with E-state index >= 15 is 0 Å². The van der Waals surface area contributed by atoms with Crippen LogP contribution >= 0.6 is 11.8 Å². The summed E-state index contributed by atoms with van der Waals surface area (Å²) in [5.41, 5.74) is 4.52. The summed E-state index contributed by atoms with van der Waals surface area (Å²) in [5, 5.41) is 4.91. The first-order valence-electron chi connectivity index (χ1n) is 8.66. The molecule has 0 aliphatic heterocycles. The first-order valence-corrected chi connectivity index (χ1v) is 9.65. The second-order valence-corrected chi connectivity index (χ2v) is 7.48. The largest absolute Gasteiger partial charge is 0.349 e. The number of aromatic nitrogens is 2. The fraction of sp³-hybridized carbons (Fsp3) is 0.286. The van der Waals surface area contributed by atoms with E-state index in [0.717, 1.165) is 27.3 Å². The van der Waals surface area contributed by atoms with E-state index in [9.17, 15) is 4.79 Å². The summed E-state index contributed by atoms with van der Waals surface area (Å²) >= 11 is 1.45. The maximum Gasteiger partial charge on any atom is 0.230 e. The molecular formula is C21H23N3OS. The average molecular weight is 366 g/mol. The Labute approximate surface area is 158 Å². The Morgan fingerprint density at radius 3 is 2.62 bits per heavy atom. The van der Waals surface area contributed by atoms with Gasteiger partial charge in [-0.15, -0.1) is 0 Å². The summed E-state index contributed by atoms with van der Waals surface area (Å²) < 4.78 is 0. The summed E-state index contributed by atoms with van der Waals surface area (Å²) in [5.74, 6) is 1.05. The van der Waals surface area contributed by atoms with Gasteiger partial charge >= 0.3 is 0 Å². The summed E-state index contributed by atoms with van der Waals surface area (Å²) in [6.07, 6.45) is 0. The van der Waals surface area contributed by atoms with Crippen molar-refractivity contribution in [1.82, 2.24) is 15.3 Å². The van der Waals surface area contributed by atoms with Crippen LogP contribution in [0.4, 0.5) is 0 Å². The van der Waals surface area contributed by atoms with E-state index in [4.69, 9.17) is 0 Å². The fourth-order valence-electron chi connectivity index (χ4n) is 2.80. The van der Waals surface area contributed by atoms with E-state index in [1.54, 1.807) is 0 Å². The molecule has 1 heterocycles. The molecular weight excluding hydrogens is 342 g/mol. The maximum absolute atomic E-state index is 12.4. The van der Waals surface area contributed by atoms with Crippen molar-refractivity contribution < 1.29 is 4.79 Å². The van der Waals surface area contributed by atoms with Gasteiger partial charge in [-0.2, -0.15) is 0 Å². The lowest BCUT2D eigenvalue weighted by Gasteiger charge is -2.16. The summed E-state index contributed by atoms with van der Waals surface area (Å²) in [4.78, 5) is 21.3. The molecule has 1 aromatic heterocycles. The molecule has 1 N–H and O–H groups in total. The van der Waals surface area contributed by atoms with Gasteiger partial charge in [0.25, 0.3) is 0 Å². The van der Waals surface area contributed by atoms with Crippen molar-refractivity contribution in [3.63, 3.8) is 0 Å². The van der Waals surface area contributed by atoms with E-state index in [-0.39, 0.29) is 11.9 Å². The second kappa shape index (κ2) is 7.87. The molecule has 3 aromatic rings. The van der Waals surface area contributed by atoms with Crippen LogP contribution in [0, 0.1) is 20.8 Å². The van der Waals surface area contributed by atoms with Gasteiger partial charge in [0, 0.05) is 5.39 Å². The van der Waals surface area contributed by atoms with Crippen molar-refractivity contribution in [2.45, 2.75) is 38.8 Å². The first kappa shape index (κ1) is 18.4.